The summed E-state index contributed by atoms with van der Waals surface area (Å²) in [4.78, 5) is 43.0. The molecule has 6 unspecified atom stereocenters. The van der Waals surface area contributed by atoms with E-state index in [2.05, 4.69) is 23.3 Å². The molecule has 4 N–H and O–H groups in total. The summed E-state index contributed by atoms with van der Waals surface area (Å²) in [5, 5.41) is 41.3. The van der Waals surface area contributed by atoms with Gasteiger partial charge in [-0.15, -0.1) is 18.3 Å². The average molecular weight is 905 g/mol. The number of carbonyl (C=O) groups is 2. The van der Waals surface area contributed by atoms with Crippen molar-refractivity contribution in [3.63, 3.8) is 0 Å². The van der Waals surface area contributed by atoms with E-state index < -0.39 is 28.0 Å². The minimum absolute atomic E-state index is 0.00785. The minimum Gasteiger partial charge on any atom is -0.460 e. The molecule has 2 aliphatic carbocycles. The SMILES string of the molecule is C=CCOC12Oc3ccc(OC(=O)NCc4ccccc4)cc3C3C(CCCCO)C(CCCCO)C=C(C(=NOCc4ccc([N+](=O)[O-])cc4)CC1Sc1ccc(NC(C)=O)cc1)C32. The first-order valence-electron chi connectivity index (χ1n) is 22.1. The van der Waals surface area contributed by atoms with Gasteiger partial charge in [0.25, 0.3) is 5.69 Å². The number of amides is 2. The molecule has 0 radical (unpaired) electrons. The number of anilines is 1. The zero-order chi connectivity index (χ0) is 45.8. The zero-order valence-corrected chi connectivity index (χ0v) is 37.3. The van der Waals surface area contributed by atoms with Gasteiger partial charge in [0.2, 0.25) is 11.7 Å². The number of aliphatic hydroxyl groups excluding tert-OH is 2. The number of ether oxygens (including phenoxy) is 3. The molecular weight excluding hydrogens is 849 g/mol. The molecule has 1 saturated carbocycles. The van der Waals surface area contributed by atoms with Crippen molar-refractivity contribution in [1.29, 1.82) is 0 Å². The third kappa shape index (κ3) is 11.5. The lowest BCUT2D eigenvalue weighted by atomic mass is 9.56. The van der Waals surface area contributed by atoms with E-state index in [1.54, 1.807) is 36.0 Å². The number of allylic oxidation sites excluding steroid dienone is 1. The Bertz CT molecular complexity index is 2340. The second kappa shape index (κ2) is 22.3. The van der Waals surface area contributed by atoms with Gasteiger partial charge in [0.15, 0.2) is 0 Å². The number of rotatable bonds is 21. The monoisotopic (exact) mass is 904 g/mol. The Balaban J connectivity index is 1.34. The van der Waals surface area contributed by atoms with Crippen molar-refractivity contribution in [1.82, 2.24) is 5.32 Å². The Morgan fingerprint density at radius 3 is 2.40 bits per heavy atom. The fraction of sp³-hybridized carbons (Fsp3) is 0.380. The van der Waals surface area contributed by atoms with Crippen LogP contribution in [0.15, 0.2) is 131 Å². The van der Waals surface area contributed by atoms with Crippen LogP contribution in [0.1, 0.15) is 74.5 Å². The van der Waals surface area contributed by atoms with Crippen molar-refractivity contribution >= 4 is 40.8 Å². The molecule has 65 heavy (non-hydrogen) atoms. The molecule has 1 fully saturated rings. The van der Waals surface area contributed by atoms with E-state index in [9.17, 15) is 29.9 Å². The summed E-state index contributed by atoms with van der Waals surface area (Å²) in [6, 6.07) is 28.8. The number of non-ortho nitro benzene ring substituents is 1. The number of benzene rings is 4. The van der Waals surface area contributed by atoms with Gasteiger partial charge in [-0.2, -0.15) is 0 Å². The standard InChI is InChI=1S/C50H56N4O10S/c1-3-27-61-50-46(65-40-22-17-37(18-23-40)52-33(2)57)30-44(53-62-32-35-15-19-38(20-16-35)54(59)60)42-28-36(13-7-9-25-55)41(14-8-10-26-56)47(48(42)50)43-29-39(21-24-45(43)64-50)63-49(58)51-31-34-11-5-4-6-12-34/h3-6,11-12,15-24,28-29,36,41,46-48,55-56H,1,7-10,13-14,25-27,30-32H2,2H3,(H,51,58)(H,52,57). The first-order chi connectivity index (χ1) is 31.6. The van der Waals surface area contributed by atoms with Gasteiger partial charge in [-0.1, -0.05) is 60.5 Å². The summed E-state index contributed by atoms with van der Waals surface area (Å²) in [6.07, 6.45) is 8.10. The normalized spacial score (nSPS) is 22.4. The molecule has 15 heteroatoms. The van der Waals surface area contributed by atoms with E-state index in [0.717, 1.165) is 47.3 Å². The number of carbonyl (C=O) groups excluding carboxylic acids is 2. The Hall–Kier alpha value is -6.00. The van der Waals surface area contributed by atoms with E-state index >= 15 is 0 Å². The Morgan fingerprint density at radius 2 is 1.71 bits per heavy atom. The molecule has 6 atom stereocenters. The number of fused-ring (bicyclic) bond motifs is 2. The number of nitro benzene ring substituents is 1. The van der Waals surface area contributed by atoms with E-state index in [4.69, 9.17) is 24.2 Å². The van der Waals surface area contributed by atoms with E-state index in [0.29, 0.717) is 54.3 Å². The lowest BCUT2D eigenvalue weighted by Crippen LogP contribution is -2.64. The number of thioether (sulfide) groups is 1. The van der Waals surface area contributed by atoms with E-state index in [-0.39, 0.29) is 55.8 Å². The van der Waals surface area contributed by atoms with Crippen molar-refractivity contribution < 1.29 is 43.8 Å². The molecular formula is C50H56N4O10S. The van der Waals surface area contributed by atoms with Crippen LogP contribution in [0.25, 0.3) is 0 Å². The number of unbranched alkanes of at least 4 members (excludes halogenated alkanes) is 2. The maximum atomic E-state index is 13.3. The average Bonchev–Trinajstić information content (AvgIpc) is 3.30. The molecule has 1 heterocycles. The molecule has 0 aromatic heterocycles. The van der Waals surface area contributed by atoms with Crippen LogP contribution in [0.3, 0.4) is 0 Å². The topological polar surface area (TPSA) is 191 Å². The summed E-state index contributed by atoms with van der Waals surface area (Å²) in [5.41, 5.74) is 4.74. The van der Waals surface area contributed by atoms with Gasteiger partial charge in [-0.25, -0.2) is 4.79 Å². The zero-order valence-electron chi connectivity index (χ0n) is 36.4. The van der Waals surface area contributed by atoms with E-state index in [1.165, 1.54) is 19.1 Å². The largest absolute Gasteiger partial charge is 0.460 e. The van der Waals surface area contributed by atoms with Gasteiger partial charge in [0.05, 0.1) is 28.4 Å². The third-order valence-electron chi connectivity index (χ3n) is 12.1. The van der Waals surface area contributed by atoms with Gasteiger partial charge < -0.3 is 39.9 Å². The number of oxime groups is 1. The van der Waals surface area contributed by atoms with Gasteiger partial charge in [0.1, 0.15) is 18.1 Å². The molecule has 7 rings (SSSR count). The van der Waals surface area contributed by atoms with Crippen LogP contribution in [-0.4, -0.2) is 63.7 Å². The molecule has 4 aromatic carbocycles. The second-order valence-corrected chi connectivity index (χ2v) is 17.8. The lowest BCUT2D eigenvalue weighted by molar-refractivity contribution is -0.384. The summed E-state index contributed by atoms with van der Waals surface area (Å²) < 4.78 is 20.2. The van der Waals surface area contributed by atoms with Crippen LogP contribution >= 0.6 is 11.8 Å². The van der Waals surface area contributed by atoms with Gasteiger partial charge in [-0.05, 0) is 109 Å². The number of hydrogen-bond acceptors (Lipinski definition) is 12. The maximum Gasteiger partial charge on any atom is 0.412 e. The van der Waals surface area contributed by atoms with Crippen molar-refractivity contribution in [2.75, 3.05) is 25.1 Å². The summed E-state index contributed by atoms with van der Waals surface area (Å²) in [7, 11) is 0. The Morgan fingerprint density at radius 1 is 0.969 bits per heavy atom. The summed E-state index contributed by atoms with van der Waals surface area (Å²) >= 11 is 1.57. The van der Waals surface area contributed by atoms with E-state index in [1.807, 2.05) is 66.7 Å². The van der Waals surface area contributed by atoms with Crippen LogP contribution < -0.4 is 20.1 Å². The second-order valence-electron chi connectivity index (χ2n) is 16.5. The highest BCUT2D eigenvalue weighted by molar-refractivity contribution is 8.00. The number of aliphatic hydroxyl groups is 2. The highest BCUT2D eigenvalue weighted by Crippen LogP contribution is 2.63. The van der Waals surface area contributed by atoms with Crippen LogP contribution in [0.5, 0.6) is 11.5 Å². The predicted molar refractivity (Wildman–Crippen MR) is 249 cm³/mol. The summed E-state index contributed by atoms with van der Waals surface area (Å²) in [6.45, 7) is 6.14. The smallest absolute Gasteiger partial charge is 0.412 e. The number of hydrogen-bond donors (Lipinski definition) is 4. The molecule has 1 aliphatic heterocycles. The number of nitrogens with zero attached hydrogens (tertiary/aromatic N) is 2. The Labute approximate surface area is 383 Å². The van der Waals surface area contributed by atoms with Gasteiger partial charge in [0, 0.05) is 67.3 Å². The summed E-state index contributed by atoms with van der Waals surface area (Å²) in [5.74, 6) is -1.21. The van der Waals surface area contributed by atoms with Gasteiger partial charge in [-0.3, -0.25) is 14.9 Å². The van der Waals surface area contributed by atoms with Crippen LogP contribution in [0.4, 0.5) is 16.2 Å². The molecule has 3 aliphatic rings. The highest BCUT2D eigenvalue weighted by atomic mass is 32.2. The highest BCUT2D eigenvalue weighted by Gasteiger charge is 2.64. The first-order valence-corrected chi connectivity index (χ1v) is 23.0. The molecule has 14 nitrogen and oxygen atoms in total. The van der Waals surface area contributed by atoms with Crippen molar-refractivity contribution in [3.05, 3.63) is 148 Å². The minimum atomic E-state index is -1.28. The molecule has 2 amide bonds. The molecule has 0 spiro atoms. The molecule has 342 valence electrons. The fourth-order valence-corrected chi connectivity index (χ4v) is 10.6. The van der Waals surface area contributed by atoms with Crippen molar-refractivity contribution in [2.24, 2.45) is 22.9 Å². The fourth-order valence-electron chi connectivity index (χ4n) is 9.28. The van der Waals surface area contributed by atoms with Crippen LogP contribution in [-0.2, 0) is 27.5 Å². The van der Waals surface area contributed by atoms with Crippen LogP contribution in [0.2, 0.25) is 0 Å². The third-order valence-corrected chi connectivity index (χ3v) is 13.4. The predicted octanol–water partition coefficient (Wildman–Crippen LogP) is 9.47. The number of nitro groups is 1. The molecule has 0 bridgehead atoms. The van der Waals surface area contributed by atoms with Crippen molar-refractivity contribution in [2.45, 2.75) is 86.9 Å². The van der Waals surface area contributed by atoms with Crippen molar-refractivity contribution in [3.8, 4) is 11.5 Å². The molecule has 4 aromatic rings. The molecule has 0 saturated heterocycles. The Kier molecular flexibility index (Phi) is 16.1. The first kappa shape index (κ1) is 47.0. The van der Waals surface area contributed by atoms with Crippen LogP contribution in [0, 0.1) is 27.9 Å². The quantitative estimate of drug-likeness (QED) is 0.0270. The van der Waals surface area contributed by atoms with Gasteiger partial charge >= 0.3 is 6.09 Å². The number of nitrogens with one attached hydrogen (secondary N) is 2. The lowest BCUT2D eigenvalue weighted by Gasteiger charge is -2.58. The maximum absolute atomic E-state index is 13.3.